The van der Waals surface area contributed by atoms with Crippen LogP contribution in [0.5, 0.6) is 23.0 Å². The van der Waals surface area contributed by atoms with Crippen molar-refractivity contribution in [1.29, 1.82) is 0 Å². The lowest BCUT2D eigenvalue weighted by molar-refractivity contribution is -0.100. The van der Waals surface area contributed by atoms with Crippen molar-refractivity contribution in [1.82, 2.24) is 0 Å². The Bertz CT molecular complexity index is 767. The number of rotatable bonds is 7. The highest BCUT2D eigenvalue weighted by molar-refractivity contribution is 5.82. The number of benzene rings is 2. The van der Waals surface area contributed by atoms with E-state index in [-0.39, 0.29) is 0 Å². The van der Waals surface area contributed by atoms with Crippen LogP contribution >= 0.6 is 0 Å². The van der Waals surface area contributed by atoms with Gasteiger partial charge in [0, 0.05) is 6.07 Å². The smallest absolute Gasteiger partial charge is 0.180 e. The summed E-state index contributed by atoms with van der Waals surface area (Å²) in [5.74, 6) is 0.267. The molecule has 0 bridgehead atoms. The zero-order valence-electron chi connectivity index (χ0n) is 15.6. The molecule has 0 aliphatic carbocycles. The molecule has 0 atom stereocenters. The molecule has 0 amide bonds. The summed E-state index contributed by atoms with van der Waals surface area (Å²) >= 11 is 0. The van der Waals surface area contributed by atoms with Gasteiger partial charge in [0.25, 0.3) is 0 Å². The largest absolute Gasteiger partial charge is 0.497 e. The molecule has 0 fully saturated rings. The monoisotopic (exact) mass is 360 g/mol. The minimum absolute atomic E-state index is 0.531. The number of hydrogen-bond acceptors (Lipinski definition) is 6. The first-order valence-electron chi connectivity index (χ1n) is 7.94. The molecule has 6 nitrogen and oxygen atoms in total. The van der Waals surface area contributed by atoms with Gasteiger partial charge in [-0.2, -0.15) is 0 Å². The lowest BCUT2D eigenvalue weighted by atomic mass is 9.95. The fourth-order valence-electron chi connectivity index (χ4n) is 2.57. The molecule has 0 aliphatic rings. The van der Waals surface area contributed by atoms with E-state index in [9.17, 15) is 10.2 Å². The number of ether oxygens (including phenoxy) is 4. The molecule has 2 rings (SSSR count). The van der Waals surface area contributed by atoms with E-state index in [1.54, 1.807) is 58.8 Å². The molecular weight excluding hydrogens is 336 g/mol. The van der Waals surface area contributed by atoms with Crippen LogP contribution in [0, 0.1) is 0 Å². The van der Waals surface area contributed by atoms with Crippen molar-refractivity contribution in [3.8, 4) is 23.0 Å². The molecular formula is C20H24O6. The maximum Gasteiger partial charge on any atom is 0.180 e. The minimum Gasteiger partial charge on any atom is -0.497 e. The second-order valence-corrected chi connectivity index (χ2v) is 5.82. The normalized spacial score (nSPS) is 11.9. The molecule has 0 saturated carbocycles. The lowest BCUT2D eigenvalue weighted by Crippen LogP contribution is -2.19. The van der Waals surface area contributed by atoms with Crippen LogP contribution in [0.2, 0.25) is 0 Å². The van der Waals surface area contributed by atoms with E-state index in [0.717, 1.165) is 0 Å². The first kappa shape index (κ1) is 19.6. The number of methoxy groups -OCH3 is 4. The summed E-state index contributed by atoms with van der Waals surface area (Å²) in [6.07, 6.45) is 1.35. The van der Waals surface area contributed by atoms with Crippen LogP contribution in [0.15, 0.2) is 42.5 Å². The van der Waals surface area contributed by atoms with Crippen molar-refractivity contribution in [2.24, 2.45) is 0 Å². The molecule has 26 heavy (non-hydrogen) atoms. The Morgan fingerprint density at radius 2 is 1.35 bits per heavy atom. The molecule has 0 heterocycles. The third-order valence-electron chi connectivity index (χ3n) is 3.77. The van der Waals surface area contributed by atoms with Gasteiger partial charge < -0.3 is 29.2 Å². The van der Waals surface area contributed by atoms with Gasteiger partial charge in [0.1, 0.15) is 11.5 Å². The molecule has 0 aliphatic heterocycles. The molecule has 0 spiro atoms. The van der Waals surface area contributed by atoms with E-state index in [4.69, 9.17) is 18.9 Å². The molecule has 0 aromatic heterocycles. The fraction of sp³-hybridized carbons (Fsp3) is 0.300. The molecule has 6 heteroatoms. The van der Waals surface area contributed by atoms with Crippen LogP contribution in [0.3, 0.4) is 0 Å². The van der Waals surface area contributed by atoms with Crippen LogP contribution < -0.4 is 18.9 Å². The average Bonchev–Trinajstić information content (AvgIpc) is 2.64. The zero-order valence-corrected chi connectivity index (χ0v) is 15.6. The van der Waals surface area contributed by atoms with Gasteiger partial charge in [-0.3, -0.25) is 0 Å². The highest BCUT2D eigenvalue weighted by Crippen LogP contribution is 2.36. The van der Waals surface area contributed by atoms with Crippen molar-refractivity contribution in [2.75, 3.05) is 28.4 Å². The predicted octanol–water partition coefficient (Wildman–Crippen LogP) is 2.85. The van der Waals surface area contributed by atoms with Gasteiger partial charge in [0.2, 0.25) is 0 Å². The third kappa shape index (κ3) is 4.68. The summed E-state index contributed by atoms with van der Waals surface area (Å²) in [7, 11) is 6.21. The quantitative estimate of drug-likeness (QED) is 0.740. The van der Waals surface area contributed by atoms with Crippen LogP contribution in [0.4, 0.5) is 0 Å². The number of hydrogen-bond donors (Lipinski definition) is 2. The number of aliphatic hydroxyl groups is 2. The Morgan fingerprint density at radius 3 is 1.81 bits per heavy atom. The van der Waals surface area contributed by atoms with Crippen molar-refractivity contribution >= 4 is 5.57 Å². The average molecular weight is 360 g/mol. The van der Waals surface area contributed by atoms with E-state index in [2.05, 4.69) is 0 Å². The summed E-state index contributed by atoms with van der Waals surface area (Å²) < 4.78 is 21.3. The van der Waals surface area contributed by atoms with Gasteiger partial charge in [-0.25, -0.2) is 0 Å². The maximum atomic E-state index is 9.95. The van der Waals surface area contributed by atoms with Crippen molar-refractivity contribution in [2.45, 2.75) is 12.7 Å². The van der Waals surface area contributed by atoms with Gasteiger partial charge in [-0.05, 0) is 54.0 Å². The highest BCUT2D eigenvalue weighted by atomic mass is 16.5. The fourth-order valence-corrected chi connectivity index (χ4v) is 2.57. The van der Waals surface area contributed by atoms with E-state index in [1.807, 2.05) is 6.07 Å². The van der Waals surface area contributed by atoms with Gasteiger partial charge in [-0.1, -0.05) is 6.07 Å². The highest BCUT2D eigenvalue weighted by Gasteiger charge is 2.18. The maximum absolute atomic E-state index is 9.95. The first-order chi connectivity index (χ1) is 12.3. The van der Waals surface area contributed by atoms with E-state index in [0.29, 0.717) is 39.7 Å². The molecule has 2 aromatic carbocycles. The Morgan fingerprint density at radius 1 is 0.769 bits per heavy atom. The van der Waals surface area contributed by atoms with E-state index < -0.39 is 5.79 Å². The Labute approximate surface area is 153 Å². The molecule has 0 unspecified atom stereocenters. The molecule has 140 valence electrons. The Balaban J connectivity index is 2.68. The molecule has 2 N–H and O–H groups in total. The zero-order chi connectivity index (χ0) is 19.3. The van der Waals surface area contributed by atoms with Gasteiger partial charge >= 0.3 is 0 Å². The minimum atomic E-state index is -2.02. The summed E-state index contributed by atoms with van der Waals surface area (Å²) in [5.41, 5.74) is 1.99. The van der Waals surface area contributed by atoms with Crippen molar-refractivity contribution in [3.63, 3.8) is 0 Å². The lowest BCUT2D eigenvalue weighted by Gasteiger charge is -2.18. The SMILES string of the molecule is COc1cc(OC)cc(C(=CC(C)(O)O)c2ccc(OC)c(OC)c2)c1. The van der Waals surface area contributed by atoms with Crippen LogP contribution in [0.1, 0.15) is 18.1 Å². The molecule has 0 radical (unpaired) electrons. The summed E-state index contributed by atoms with van der Waals surface area (Å²) in [4.78, 5) is 0. The molecule has 0 saturated heterocycles. The van der Waals surface area contributed by atoms with Gasteiger partial charge in [0.15, 0.2) is 17.3 Å². The summed E-state index contributed by atoms with van der Waals surface area (Å²) in [5, 5.41) is 19.9. The third-order valence-corrected chi connectivity index (χ3v) is 3.77. The van der Waals surface area contributed by atoms with Crippen LogP contribution in [0.25, 0.3) is 5.57 Å². The second-order valence-electron chi connectivity index (χ2n) is 5.82. The standard InChI is InChI=1S/C20H24O6/c1-20(21,22)12-17(13-6-7-18(25-4)19(10-13)26-5)14-8-15(23-2)11-16(9-14)24-3/h6-12,21-22H,1-5H3. The molecule has 2 aromatic rings. The summed E-state index contributed by atoms with van der Waals surface area (Å²) in [6.45, 7) is 1.28. The van der Waals surface area contributed by atoms with Crippen molar-refractivity contribution in [3.05, 3.63) is 53.6 Å². The van der Waals surface area contributed by atoms with Crippen LogP contribution in [-0.4, -0.2) is 44.4 Å². The Hall–Kier alpha value is -2.70. The van der Waals surface area contributed by atoms with E-state index in [1.165, 1.54) is 13.0 Å². The van der Waals surface area contributed by atoms with E-state index >= 15 is 0 Å². The summed E-state index contributed by atoms with van der Waals surface area (Å²) in [6, 6.07) is 10.7. The Kier molecular flexibility index (Phi) is 6.13. The predicted molar refractivity (Wildman–Crippen MR) is 99.0 cm³/mol. The van der Waals surface area contributed by atoms with Crippen molar-refractivity contribution < 1.29 is 29.2 Å². The topological polar surface area (TPSA) is 77.4 Å². The van der Waals surface area contributed by atoms with Gasteiger partial charge in [-0.15, -0.1) is 0 Å². The van der Waals surface area contributed by atoms with Crippen LogP contribution in [-0.2, 0) is 0 Å². The second kappa shape index (κ2) is 8.12. The first-order valence-corrected chi connectivity index (χ1v) is 7.94. The van der Waals surface area contributed by atoms with Gasteiger partial charge in [0.05, 0.1) is 28.4 Å².